The lowest BCUT2D eigenvalue weighted by atomic mass is 10.1. The zero-order valence-corrected chi connectivity index (χ0v) is 11.1. The van der Waals surface area contributed by atoms with Crippen LogP contribution in [0.1, 0.15) is 33.6 Å². The van der Waals surface area contributed by atoms with Crippen molar-refractivity contribution in [2.75, 3.05) is 6.61 Å². The summed E-state index contributed by atoms with van der Waals surface area (Å²) in [6.07, 6.45) is 6.25. The molecule has 0 aromatic heterocycles. The Morgan fingerprint density at radius 3 is 2.43 bits per heavy atom. The largest absolute Gasteiger partial charge is 0.454 e. The average Bonchev–Trinajstić information content (AvgIpc) is 2.02. The Bertz CT molecular complexity index is 238. The van der Waals surface area contributed by atoms with Gasteiger partial charge in [-0.05, 0) is 39.7 Å². The van der Waals surface area contributed by atoms with Crippen LogP contribution in [0.4, 0.5) is 4.79 Å². The Balaban J connectivity index is 3.67. The number of allylic oxidation sites excluding steroid dienone is 3. The highest BCUT2D eigenvalue weighted by atomic mass is 127. The maximum atomic E-state index is 10.5. The normalized spacial score (nSPS) is 11.0. The van der Waals surface area contributed by atoms with Gasteiger partial charge in [-0.3, -0.25) is 0 Å². The van der Waals surface area contributed by atoms with Gasteiger partial charge < -0.3 is 4.74 Å². The van der Waals surface area contributed by atoms with Crippen molar-refractivity contribution in [1.82, 2.24) is 0 Å². The van der Waals surface area contributed by atoms with Crippen molar-refractivity contribution in [3.05, 3.63) is 23.3 Å². The standard InChI is InChI=1S/C11H17IO2/c1-9(2)5-4-6-10(3)7-8-14-11(12)13/h5,7H,4,6,8H2,1-3H3/b10-7-. The van der Waals surface area contributed by atoms with Gasteiger partial charge in [0.2, 0.25) is 0 Å². The molecule has 0 saturated carbocycles. The van der Waals surface area contributed by atoms with E-state index in [0.29, 0.717) is 6.61 Å². The summed E-state index contributed by atoms with van der Waals surface area (Å²) < 4.78 is 4.54. The smallest absolute Gasteiger partial charge is 0.367 e. The molecule has 0 saturated heterocycles. The predicted octanol–water partition coefficient (Wildman–Crippen LogP) is 4.25. The van der Waals surface area contributed by atoms with E-state index in [0.717, 1.165) is 12.8 Å². The third kappa shape index (κ3) is 9.77. The molecule has 0 amide bonds. The second-order valence-corrected chi connectivity index (χ2v) is 4.30. The minimum absolute atomic E-state index is 0.254. The van der Waals surface area contributed by atoms with E-state index in [2.05, 4.69) is 26.8 Å². The number of hydrogen-bond donors (Lipinski definition) is 0. The van der Waals surface area contributed by atoms with Crippen LogP contribution in [-0.4, -0.2) is 10.6 Å². The van der Waals surface area contributed by atoms with Gasteiger partial charge >= 0.3 is 3.98 Å². The molecule has 0 heterocycles. The Morgan fingerprint density at radius 2 is 1.93 bits per heavy atom. The summed E-state index contributed by atoms with van der Waals surface area (Å²) in [5.41, 5.74) is 2.61. The van der Waals surface area contributed by atoms with Gasteiger partial charge in [0.25, 0.3) is 0 Å². The van der Waals surface area contributed by atoms with E-state index in [1.807, 2.05) is 6.08 Å². The van der Waals surface area contributed by atoms with Gasteiger partial charge in [-0.1, -0.05) is 17.2 Å². The average molecular weight is 308 g/mol. The number of carbonyl (C=O) groups is 1. The summed E-state index contributed by atoms with van der Waals surface area (Å²) in [7, 11) is 0. The first-order valence-electron chi connectivity index (χ1n) is 4.63. The predicted molar refractivity (Wildman–Crippen MR) is 67.8 cm³/mol. The van der Waals surface area contributed by atoms with Crippen molar-refractivity contribution >= 4 is 26.6 Å². The number of rotatable bonds is 5. The molecule has 0 spiro atoms. The minimum atomic E-state index is -0.254. The maximum absolute atomic E-state index is 10.5. The molecule has 0 aromatic carbocycles. The van der Waals surface area contributed by atoms with Crippen molar-refractivity contribution in [1.29, 1.82) is 0 Å². The quantitative estimate of drug-likeness (QED) is 0.431. The van der Waals surface area contributed by atoms with Crippen LogP contribution >= 0.6 is 22.6 Å². The molecule has 0 aliphatic carbocycles. The van der Waals surface area contributed by atoms with Crippen LogP contribution in [0.15, 0.2) is 23.3 Å². The number of hydrogen-bond acceptors (Lipinski definition) is 2. The van der Waals surface area contributed by atoms with Crippen molar-refractivity contribution < 1.29 is 9.53 Å². The van der Waals surface area contributed by atoms with E-state index in [1.54, 1.807) is 22.6 Å². The monoisotopic (exact) mass is 308 g/mol. The first kappa shape index (κ1) is 13.7. The molecule has 2 nitrogen and oxygen atoms in total. The highest BCUT2D eigenvalue weighted by Gasteiger charge is 1.92. The summed E-state index contributed by atoms with van der Waals surface area (Å²) >= 11 is 1.63. The zero-order valence-electron chi connectivity index (χ0n) is 8.97. The van der Waals surface area contributed by atoms with E-state index < -0.39 is 0 Å². The summed E-state index contributed by atoms with van der Waals surface area (Å²) in [5, 5.41) is 0. The number of ether oxygens (including phenoxy) is 1. The Morgan fingerprint density at radius 1 is 1.29 bits per heavy atom. The molecule has 0 bridgehead atoms. The first-order valence-corrected chi connectivity index (χ1v) is 5.71. The SMILES string of the molecule is CC(C)=CCC/C(C)=C\COC(=O)I. The lowest BCUT2D eigenvalue weighted by molar-refractivity contribution is 0.191. The molecule has 0 aliphatic rings. The summed E-state index contributed by atoms with van der Waals surface area (Å²) in [6.45, 7) is 6.64. The summed E-state index contributed by atoms with van der Waals surface area (Å²) in [4.78, 5) is 10.5. The number of carbonyl (C=O) groups excluding carboxylic acids is 1. The van der Waals surface area contributed by atoms with Gasteiger partial charge in [-0.25, -0.2) is 4.79 Å². The van der Waals surface area contributed by atoms with Crippen LogP contribution in [0.25, 0.3) is 0 Å². The molecule has 0 N–H and O–H groups in total. The summed E-state index contributed by atoms with van der Waals surface area (Å²) in [5.74, 6) is 0. The van der Waals surface area contributed by atoms with Crippen molar-refractivity contribution in [2.24, 2.45) is 0 Å². The van der Waals surface area contributed by atoms with Gasteiger partial charge in [-0.15, -0.1) is 0 Å². The molecule has 0 aliphatic heterocycles. The molecule has 0 fully saturated rings. The molecule has 14 heavy (non-hydrogen) atoms. The van der Waals surface area contributed by atoms with Crippen LogP contribution in [0, 0.1) is 0 Å². The Kier molecular flexibility index (Phi) is 7.84. The van der Waals surface area contributed by atoms with Crippen LogP contribution in [-0.2, 0) is 4.74 Å². The van der Waals surface area contributed by atoms with Gasteiger partial charge in [0.05, 0.1) is 22.6 Å². The van der Waals surface area contributed by atoms with E-state index in [9.17, 15) is 4.79 Å². The van der Waals surface area contributed by atoms with Crippen LogP contribution in [0.5, 0.6) is 0 Å². The Hall–Kier alpha value is -0.320. The molecule has 0 unspecified atom stereocenters. The third-order valence-corrected chi connectivity index (χ3v) is 2.03. The van der Waals surface area contributed by atoms with Gasteiger partial charge in [0.15, 0.2) is 0 Å². The maximum Gasteiger partial charge on any atom is 0.367 e. The van der Waals surface area contributed by atoms with Crippen molar-refractivity contribution in [2.45, 2.75) is 33.6 Å². The van der Waals surface area contributed by atoms with Crippen LogP contribution < -0.4 is 0 Å². The Labute approximate surface area is 99.5 Å². The van der Waals surface area contributed by atoms with E-state index >= 15 is 0 Å². The zero-order chi connectivity index (χ0) is 11.0. The topological polar surface area (TPSA) is 26.3 Å². The van der Waals surface area contributed by atoms with Crippen LogP contribution in [0.2, 0.25) is 0 Å². The molecule has 3 heteroatoms. The molecular formula is C11H17IO2. The second kappa shape index (κ2) is 8.03. The van der Waals surface area contributed by atoms with E-state index in [4.69, 9.17) is 4.74 Å². The lowest BCUT2D eigenvalue weighted by Crippen LogP contribution is -1.93. The van der Waals surface area contributed by atoms with Gasteiger partial charge in [0.1, 0.15) is 6.61 Å². The molecule has 0 rings (SSSR count). The highest BCUT2D eigenvalue weighted by molar-refractivity contribution is 14.1. The van der Waals surface area contributed by atoms with Crippen LogP contribution in [0.3, 0.4) is 0 Å². The highest BCUT2D eigenvalue weighted by Crippen LogP contribution is 2.06. The minimum Gasteiger partial charge on any atom is -0.454 e. The first-order chi connectivity index (χ1) is 6.52. The van der Waals surface area contributed by atoms with Gasteiger partial charge in [-0.2, -0.15) is 0 Å². The fourth-order valence-corrected chi connectivity index (χ4v) is 1.12. The second-order valence-electron chi connectivity index (χ2n) is 3.42. The molecule has 0 aromatic rings. The summed E-state index contributed by atoms with van der Waals surface area (Å²) in [6, 6.07) is 0. The molecular weight excluding hydrogens is 291 g/mol. The fourth-order valence-electron chi connectivity index (χ4n) is 0.940. The molecule has 80 valence electrons. The number of halogens is 1. The van der Waals surface area contributed by atoms with Crippen molar-refractivity contribution in [3.63, 3.8) is 0 Å². The van der Waals surface area contributed by atoms with Crippen molar-refractivity contribution in [3.8, 4) is 0 Å². The fraction of sp³-hybridized carbons (Fsp3) is 0.545. The molecule has 0 radical (unpaired) electrons. The van der Waals surface area contributed by atoms with E-state index in [1.165, 1.54) is 11.1 Å². The third-order valence-electron chi connectivity index (χ3n) is 1.72. The molecule has 0 atom stereocenters. The van der Waals surface area contributed by atoms with E-state index in [-0.39, 0.29) is 3.98 Å². The lowest BCUT2D eigenvalue weighted by Gasteiger charge is -1.99. The van der Waals surface area contributed by atoms with Gasteiger partial charge in [0, 0.05) is 0 Å².